The van der Waals surface area contributed by atoms with Crippen molar-refractivity contribution >= 4 is 11.5 Å². The molecule has 1 N–H and O–H groups in total. The summed E-state index contributed by atoms with van der Waals surface area (Å²) in [6, 6.07) is 7.66. The van der Waals surface area contributed by atoms with Gasteiger partial charge >= 0.3 is 0 Å². The third-order valence-corrected chi connectivity index (χ3v) is 2.99. The Morgan fingerprint density at radius 1 is 1.20 bits per heavy atom. The molecule has 3 nitrogen and oxygen atoms in total. The number of pyridine rings is 1. The van der Waals surface area contributed by atoms with Crippen LogP contribution in [0.25, 0.3) is 0 Å². The van der Waals surface area contributed by atoms with Crippen molar-refractivity contribution in [2.45, 2.75) is 13.5 Å². The molecular weight excluding hydrogens is 260 g/mol. The third-order valence-electron chi connectivity index (χ3n) is 2.99. The van der Waals surface area contributed by atoms with Gasteiger partial charge in [-0.2, -0.15) is 0 Å². The van der Waals surface area contributed by atoms with E-state index in [0.29, 0.717) is 18.1 Å². The first-order valence-electron chi connectivity index (χ1n) is 6.46. The van der Waals surface area contributed by atoms with Gasteiger partial charge in [0.05, 0.1) is 6.20 Å². The molecule has 0 fully saturated rings. The maximum atomic E-state index is 13.3. The Morgan fingerprint density at radius 3 is 2.70 bits per heavy atom. The predicted molar refractivity (Wildman–Crippen MR) is 76.0 cm³/mol. The molecule has 0 aliphatic rings. The number of aromatic nitrogens is 1. The van der Waals surface area contributed by atoms with Gasteiger partial charge in [-0.05, 0) is 30.8 Å². The highest BCUT2D eigenvalue weighted by molar-refractivity contribution is 5.62. The maximum Gasteiger partial charge on any atom is 0.141 e. The van der Waals surface area contributed by atoms with Gasteiger partial charge in [0, 0.05) is 24.8 Å². The molecule has 1 aromatic carbocycles. The highest BCUT2D eigenvalue weighted by atomic mass is 19.1. The van der Waals surface area contributed by atoms with Crippen molar-refractivity contribution in [1.82, 2.24) is 10.3 Å². The fourth-order valence-electron chi connectivity index (χ4n) is 1.97. The van der Waals surface area contributed by atoms with Crippen molar-refractivity contribution in [1.29, 1.82) is 0 Å². The van der Waals surface area contributed by atoms with Crippen LogP contribution in [0.5, 0.6) is 0 Å². The standard InChI is InChI=1S/C15H17F2N3/c1-3-18-9-11-7-13(17)10-19-15(11)20(2)14-6-4-5-12(16)8-14/h4-8,10,18H,3,9H2,1-2H3. The van der Waals surface area contributed by atoms with Crippen LogP contribution in [0.15, 0.2) is 36.5 Å². The Hall–Kier alpha value is -2.01. The monoisotopic (exact) mass is 277 g/mol. The summed E-state index contributed by atoms with van der Waals surface area (Å²) in [6.45, 7) is 3.26. The summed E-state index contributed by atoms with van der Waals surface area (Å²) >= 11 is 0. The van der Waals surface area contributed by atoms with Crippen LogP contribution >= 0.6 is 0 Å². The molecule has 2 aromatic rings. The fraction of sp³-hybridized carbons (Fsp3) is 0.267. The van der Waals surface area contributed by atoms with Crippen molar-refractivity contribution in [3.05, 3.63) is 53.7 Å². The number of anilines is 2. The van der Waals surface area contributed by atoms with Crippen molar-refractivity contribution in [3.8, 4) is 0 Å². The lowest BCUT2D eigenvalue weighted by molar-refractivity contribution is 0.614. The molecule has 1 heterocycles. The van der Waals surface area contributed by atoms with Gasteiger partial charge in [-0.1, -0.05) is 13.0 Å². The molecule has 0 atom stereocenters. The van der Waals surface area contributed by atoms with Crippen LogP contribution in [0.2, 0.25) is 0 Å². The molecule has 1 aromatic heterocycles. The predicted octanol–water partition coefficient (Wildman–Crippen LogP) is 3.24. The largest absolute Gasteiger partial charge is 0.329 e. The number of rotatable bonds is 5. The highest BCUT2D eigenvalue weighted by Crippen LogP contribution is 2.25. The summed E-state index contributed by atoms with van der Waals surface area (Å²) in [5.74, 6) is -0.0862. The smallest absolute Gasteiger partial charge is 0.141 e. The minimum absolute atomic E-state index is 0.315. The van der Waals surface area contributed by atoms with Crippen LogP contribution in [0, 0.1) is 11.6 Å². The van der Waals surface area contributed by atoms with E-state index in [1.807, 2.05) is 6.92 Å². The van der Waals surface area contributed by atoms with Crippen LogP contribution in [0.4, 0.5) is 20.3 Å². The zero-order valence-corrected chi connectivity index (χ0v) is 11.5. The molecular formula is C15H17F2N3. The molecule has 0 saturated carbocycles. The van der Waals surface area contributed by atoms with Crippen LogP contribution in [0.1, 0.15) is 12.5 Å². The molecule has 0 amide bonds. The Bertz CT molecular complexity index is 587. The summed E-state index contributed by atoms with van der Waals surface area (Å²) in [4.78, 5) is 5.87. The maximum absolute atomic E-state index is 13.3. The van der Waals surface area contributed by atoms with Crippen molar-refractivity contribution in [3.63, 3.8) is 0 Å². The number of hydrogen-bond donors (Lipinski definition) is 1. The lowest BCUT2D eigenvalue weighted by atomic mass is 10.2. The van der Waals surface area contributed by atoms with Crippen LogP contribution in [-0.2, 0) is 6.54 Å². The summed E-state index contributed by atoms with van der Waals surface area (Å²) < 4.78 is 26.6. The molecule has 20 heavy (non-hydrogen) atoms. The van der Waals surface area contributed by atoms with Gasteiger partial charge < -0.3 is 10.2 Å². The van der Waals surface area contributed by atoms with Crippen LogP contribution in [-0.4, -0.2) is 18.6 Å². The molecule has 0 unspecified atom stereocenters. The lowest BCUT2D eigenvalue weighted by Crippen LogP contribution is -2.18. The Labute approximate surface area is 117 Å². The third kappa shape index (κ3) is 3.30. The quantitative estimate of drug-likeness (QED) is 0.909. The van der Waals surface area contributed by atoms with Crippen LogP contribution < -0.4 is 10.2 Å². The van der Waals surface area contributed by atoms with Crippen molar-refractivity contribution < 1.29 is 8.78 Å². The summed E-state index contributed by atoms with van der Waals surface area (Å²) in [5.41, 5.74) is 1.40. The molecule has 0 saturated heterocycles. The van der Waals surface area contributed by atoms with Crippen LogP contribution in [0.3, 0.4) is 0 Å². The van der Waals surface area contributed by atoms with Gasteiger partial charge in [-0.15, -0.1) is 0 Å². The fourth-order valence-corrected chi connectivity index (χ4v) is 1.97. The van der Waals surface area contributed by atoms with E-state index in [2.05, 4.69) is 10.3 Å². The Morgan fingerprint density at radius 2 is 2.00 bits per heavy atom. The first kappa shape index (κ1) is 14.4. The highest BCUT2D eigenvalue weighted by Gasteiger charge is 2.12. The molecule has 2 rings (SSSR count). The molecule has 0 bridgehead atoms. The van der Waals surface area contributed by atoms with Gasteiger partial charge in [0.15, 0.2) is 0 Å². The van der Waals surface area contributed by atoms with Gasteiger partial charge in [0.2, 0.25) is 0 Å². The minimum Gasteiger partial charge on any atom is -0.329 e. The van der Waals surface area contributed by atoms with E-state index in [1.54, 1.807) is 24.1 Å². The molecule has 0 aliphatic heterocycles. The molecule has 5 heteroatoms. The average molecular weight is 277 g/mol. The second-order valence-corrected chi connectivity index (χ2v) is 4.46. The Kier molecular flexibility index (Phi) is 4.63. The van der Waals surface area contributed by atoms with E-state index in [1.165, 1.54) is 24.4 Å². The molecule has 106 valence electrons. The van der Waals surface area contributed by atoms with Gasteiger partial charge in [-0.25, -0.2) is 13.8 Å². The van der Waals surface area contributed by atoms with Crippen molar-refractivity contribution in [2.24, 2.45) is 0 Å². The zero-order chi connectivity index (χ0) is 14.5. The lowest BCUT2D eigenvalue weighted by Gasteiger charge is -2.21. The number of nitrogens with one attached hydrogen (secondary N) is 1. The normalized spacial score (nSPS) is 10.6. The van der Waals surface area contributed by atoms with E-state index in [-0.39, 0.29) is 11.6 Å². The topological polar surface area (TPSA) is 28.2 Å². The first-order chi connectivity index (χ1) is 9.61. The summed E-state index contributed by atoms with van der Waals surface area (Å²) in [6.07, 6.45) is 1.17. The molecule has 0 spiro atoms. The second kappa shape index (κ2) is 6.43. The zero-order valence-electron chi connectivity index (χ0n) is 11.5. The first-order valence-corrected chi connectivity index (χ1v) is 6.46. The van der Waals surface area contributed by atoms with E-state index in [0.717, 1.165) is 12.1 Å². The molecule has 0 radical (unpaired) electrons. The summed E-state index contributed by atoms with van der Waals surface area (Å²) in [5, 5.41) is 3.14. The van der Waals surface area contributed by atoms with E-state index in [4.69, 9.17) is 0 Å². The minimum atomic E-state index is -0.380. The van der Waals surface area contributed by atoms with E-state index < -0.39 is 0 Å². The van der Waals surface area contributed by atoms with E-state index in [9.17, 15) is 8.78 Å². The number of benzene rings is 1. The van der Waals surface area contributed by atoms with E-state index >= 15 is 0 Å². The summed E-state index contributed by atoms with van der Waals surface area (Å²) in [7, 11) is 1.78. The van der Waals surface area contributed by atoms with Gasteiger partial charge in [-0.3, -0.25) is 0 Å². The van der Waals surface area contributed by atoms with Gasteiger partial charge in [0.25, 0.3) is 0 Å². The molecule has 0 aliphatic carbocycles. The number of nitrogens with zero attached hydrogens (tertiary/aromatic N) is 2. The number of halogens is 2. The SMILES string of the molecule is CCNCc1cc(F)cnc1N(C)c1cccc(F)c1. The Balaban J connectivity index is 2.35. The second-order valence-electron chi connectivity index (χ2n) is 4.46. The number of hydrogen-bond acceptors (Lipinski definition) is 3. The van der Waals surface area contributed by atoms with Crippen molar-refractivity contribution in [2.75, 3.05) is 18.5 Å². The average Bonchev–Trinajstić information content (AvgIpc) is 2.44. The van der Waals surface area contributed by atoms with Gasteiger partial charge in [0.1, 0.15) is 17.5 Å².